The number of nitrogens with one attached hydrogen (secondary N) is 2. The number of carbonyl (C=O) groups excluding carboxylic acids is 2. The molecule has 84 heavy (non-hydrogen) atoms. The average molecular weight is 1180 g/mol. The Morgan fingerprint density at radius 1 is 0.643 bits per heavy atom. The topological polar surface area (TPSA) is 266 Å². The number of fused-ring (bicyclic) bond motifs is 6. The van der Waals surface area contributed by atoms with Crippen molar-refractivity contribution < 1.29 is 49.3 Å². The number of hydrazone groups is 1. The second kappa shape index (κ2) is 24.4. The van der Waals surface area contributed by atoms with Crippen LogP contribution in [0.25, 0.3) is 27.9 Å². The van der Waals surface area contributed by atoms with Gasteiger partial charge < -0.3 is 31.6 Å². The predicted octanol–water partition coefficient (Wildman–Crippen LogP) is 9.40. The van der Waals surface area contributed by atoms with Gasteiger partial charge in [0, 0.05) is 59.9 Å². The SMILES string of the molecule is CC(C)N(/C=N\N)c1ccc(Cl)cc1-c1ccc(C(Cc2ccccc2)C(=O)NC23CCC(C(=O)O)(CC2)CC3)[n+](O)c1.O=C(NC12CCC(C(=O)O)(CC1)CC2)C(Cc1ccccc1)c1ccc(-c2cc(Cl)ccc2-n2cnnn2)c[n+]1O. The molecule has 6 aliphatic carbocycles. The lowest BCUT2D eigenvalue weighted by Crippen LogP contribution is -2.59. The smallest absolute Gasteiger partial charge is 0.309 e. The molecule has 4 aromatic carbocycles. The first-order valence-electron chi connectivity index (χ1n) is 28.4. The Hall–Kier alpha value is -8.42. The largest absolute Gasteiger partial charge is 0.481 e. The van der Waals surface area contributed by atoms with Gasteiger partial charge in [-0.05, 0) is 174 Å². The van der Waals surface area contributed by atoms with Crippen LogP contribution in [0.2, 0.25) is 10.0 Å². The summed E-state index contributed by atoms with van der Waals surface area (Å²) in [6.45, 7) is 4.03. The normalized spacial score (nSPS) is 22.2. The average Bonchev–Trinajstić information content (AvgIpc) is 2.05. The first-order chi connectivity index (χ1) is 40.3. The number of aromatic nitrogens is 6. The van der Waals surface area contributed by atoms with E-state index in [1.165, 1.54) is 11.0 Å². The fourth-order valence-corrected chi connectivity index (χ4v) is 13.4. The lowest BCUT2D eigenvalue weighted by molar-refractivity contribution is -0.909. The van der Waals surface area contributed by atoms with E-state index in [0.717, 1.165) is 31.8 Å². The number of hydrogen-bond acceptors (Lipinski definition) is 11. The van der Waals surface area contributed by atoms with Gasteiger partial charge in [-0.25, -0.2) is 0 Å². The fourth-order valence-electron chi connectivity index (χ4n) is 13.0. The van der Waals surface area contributed by atoms with Gasteiger partial charge in [0.15, 0.2) is 0 Å². The van der Waals surface area contributed by atoms with Crippen molar-refractivity contribution >= 4 is 59.0 Å². The number of carboxylic acids is 2. The van der Waals surface area contributed by atoms with E-state index >= 15 is 0 Å². The van der Waals surface area contributed by atoms with Crippen LogP contribution in [-0.2, 0) is 32.0 Å². The van der Waals surface area contributed by atoms with Crippen LogP contribution >= 0.6 is 23.2 Å². The summed E-state index contributed by atoms with van der Waals surface area (Å²) in [5, 5.41) is 65.0. The number of nitrogens with zero attached hydrogens (tertiary/aromatic N) is 8. The number of anilines is 1. The zero-order valence-electron chi connectivity index (χ0n) is 46.8. The van der Waals surface area contributed by atoms with Crippen LogP contribution in [0.15, 0.2) is 145 Å². The quantitative estimate of drug-likeness (QED) is 0.0106. The van der Waals surface area contributed by atoms with Gasteiger partial charge >= 0.3 is 11.9 Å². The minimum Gasteiger partial charge on any atom is -0.481 e. The molecule has 21 heteroatoms. The zero-order valence-corrected chi connectivity index (χ0v) is 48.3. The molecule has 6 fully saturated rings. The Labute approximate surface area is 496 Å². The number of aliphatic carboxylic acids is 2. The number of hydrogen-bond donors (Lipinski definition) is 7. The van der Waals surface area contributed by atoms with E-state index in [4.69, 9.17) is 29.0 Å². The van der Waals surface area contributed by atoms with Gasteiger partial charge in [-0.3, -0.25) is 29.6 Å². The number of nitrogens with two attached hydrogens (primary N) is 1. The number of carbonyl (C=O) groups is 4. The third kappa shape index (κ3) is 12.3. The summed E-state index contributed by atoms with van der Waals surface area (Å²) in [5.41, 5.74) is 4.93. The highest BCUT2D eigenvalue weighted by Crippen LogP contribution is 2.54. The summed E-state index contributed by atoms with van der Waals surface area (Å²) in [7, 11) is 0. The van der Waals surface area contributed by atoms with E-state index in [1.54, 1.807) is 55.1 Å². The molecule has 0 radical (unpaired) electrons. The third-order valence-electron chi connectivity index (χ3n) is 18.2. The van der Waals surface area contributed by atoms with Gasteiger partial charge in [-0.1, -0.05) is 83.9 Å². The molecule has 8 N–H and O–H groups in total. The summed E-state index contributed by atoms with van der Waals surface area (Å²) in [6.07, 6.45) is 14.1. The summed E-state index contributed by atoms with van der Waals surface area (Å²) in [6, 6.07) is 37.5. The predicted molar refractivity (Wildman–Crippen MR) is 315 cm³/mol. The van der Waals surface area contributed by atoms with Crippen molar-refractivity contribution in [3.05, 3.63) is 173 Å². The number of benzene rings is 4. The fraction of sp³-hybridized carbons (Fsp3) is 0.365. The molecule has 13 rings (SSSR count). The van der Waals surface area contributed by atoms with Crippen molar-refractivity contribution in [1.82, 2.24) is 30.8 Å². The Morgan fingerprint density at radius 3 is 1.49 bits per heavy atom. The Balaban J connectivity index is 0.000000187. The van der Waals surface area contributed by atoms with E-state index in [2.05, 4.69) is 31.3 Å². The minimum absolute atomic E-state index is 0.0475. The molecule has 3 heterocycles. The van der Waals surface area contributed by atoms with Gasteiger partial charge in [0.2, 0.25) is 35.6 Å². The van der Waals surface area contributed by atoms with Crippen LogP contribution < -0.4 is 30.8 Å². The first kappa shape index (κ1) is 58.8. The Morgan fingerprint density at radius 2 is 1.08 bits per heavy atom. The van der Waals surface area contributed by atoms with E-state index < -0.39 is 45.7 Å². The van der Waals surface area contributed by atoms with Crippen molar-refractivity contribution in [3.8, 4) is 27.9 Å². The second-order valence-corrected chi connectivity index (χ2v) is 24.3. The molecule has 2 amide bonds. The van der Waals surface area contributed by atoms with Crippen LogP contribution in [0.5, 0.6) is 0 Å². The molecule has 19 nitrogen and oxygen atoms in total. The molecule has 4 bridgehead atoms. The van der Waals surface area contributed by atoms with E-state index in [-0.39, 0.29) is 17.9 Å². The number of rotatable bonds is 18. The molecule has 2 unspecified atom stereocenters. The highest BCUT2D eigenvalue weighted by molar-refractivity contribution is 6.31. The molecular weight excluding hydrogens is 1110 g/mol. The standard InChI is InChI=1S/C33H38ClN5O4.C30H29ClN6O4/c1-22(2)38(21-36-35)28-11-9-25(34)19-26(28)24-8-10-29(39(43)20-24)27(18-23-6-4-3-5-7-23)30(40)37-33-15-12-32(13-16-33,14-17-33)31(41)42;31-22-7-9-25(36-19-32-34-35-36)23(17-22)21-6-8-26(37(41)18-21)24(16-20-4-2-1-3-5-20)27(38)33-30-13-10-29(11-14-30,12-15-30)28(39)40/h3-11,19-22,27H,12-18,35H2,1-2H3,(H2-,37,40,41,42,43);1-9,17-19,24H,10-16H2,(H2-,33,38,39,40,41)/p+2/b36-21-;. The van der Waals surface area contributed by atoms with Crippen LogP contribution in [0.3, 0.4) is 0 Å². The number of carboxylic acid groups (broad SMARTS) is 2. The van der Waals surface area contributed by atoms with E-state index in [9.17, 15) is 39.8 Å². The van der Waals surface area contributed by atoms with Crippen molar-refractivity contribution in [2.45, 2.75) is 133 Å². The van der Waals surface area contributed by atoms with Gasteiger partial charge in [-0.15, -0.1) is 5.10 Å². The summed E-state index contributed by atoms with van der Waals surface area (Å²) < 4.78 is 3.54. The molecule has 0 spiro atoms. The maximum absolute atomic E-state index is 14.1. The maximum Gasteiger partial charge on any atom is 0.309 e. The lowest BCUT2D eigenvalue weighted by Gasteiger charge is -2.51. The third-order valence-corrected chi connectivity index (χ3v) is 18.6. The van der Waals surface area contributed by atoms with Crippen LogP contribution in [0.1, 0.15) is 125 Å². The summed E-state index contributed by atoms with van der Waals surface area (Å²) >= 11 is 12.7. The Bertz CT molecular complexity index is 3540. The summed E-state index contributed by atoms with van der Waals surface area (Å²) in [5.74, 6) is 2.29. The molecule has 2 atom stereocenters. The minimum atomic E-state index is -0.733. The van der Waals surface area contributed by atoms with Crippen molar-refractivity contribution in [2.24, 2.45) is 21.8 Å². The molecule has 3 aromatic heterocycles. The molecule has 0 saturated heterocycles. The highest BCUT2D eigenvalue weighted by atomic mass is 35.5. The molecule has 6 saturated carbocycles. The second-order valence-electron chi connectivity index (χ2n) is 23.4. The van der Waals surface area contributed by atoms with Crippen molar-refractivity contribution in [1.29, 1.82) is 0 Å². The zero-order chi connectivity index (χ0) is 59.4. The van der Waals surface area contributed by atoms with E-state index in [0.29, 0.717) is 134 Å². The van der Waals surface area contributed by atoms with Gasteiger partial charge in [0.1, 0.15) is 24.5 Å². The van der Waals surface area contributed by atoms with Crippen LogP contribution in [0, 0.1) is 10.8 Å². The molecular formula is C63H69Cl2N11O8+2. The van der Waals surface area contributed by atoms with Gasteiger partial charge in [-0.2, -0.15) is 9.78 Å². The summed E-state index contributed by atoms with van der Waals surface area (Å²) in [4.78, 5) is 53.8. The van der Waals surface area contributed by atoms with Gasteiger partial charge in [0.05, 0.1) is 33.3 Å². The van der Waals surface area contributed by atoms with Crippen molar-refractivity contribution in [2.75, 3.05) is 4.90 Å². The molecule has 436 valence electrons. The molecule has 7 aromatic rings. The number of tetrazole rings is 1. The van der Waals surface area contributed by atoms with Crippen LogP contribution in [-0.4, -0.2) is 88.0 Å². The van der Waals surface area contributed by atoms with Crippen molar-refractivity contribution in [3.63, 3.8) is 0 Å². The molecule has 0 aliphatic heterocycles. The lowest BCUT2D eigenvalue weighted by atomic mass is 9.57. The number of pyridine rings is 2. The number of amides is 2. The van der Waals surface area contributed by atoms with Crippen LogP contribution in [0.4, 0.5) is 5.69 Å². The van der Waals surface area contributed by atoms with E-state index in [1.807, 2.05) is 104 Å². The van der Waals surface area contributed by atoms with Gasteiger partial charge in [0.25, 0.3) is 0 Å². The maximum atomic E-state index is 14.1. The monoisotopic (exact) mass is 1180 g/mol. The number of halogens is 2. The first-order valence-corrected chi connectivity index (χ1v) is 29.1. The molecule has 6 aliphatic rings. The Kier molecular flexibility index (Phi) is 17.1. The highest BCUT2D eigenvalue weighted by Gasteiger charge is 2.55.